The third-order valence-corrected chi connectivity index (χ3v) is 3.42. The first kappa shape index (κ1) is 16.0. The zero-order valence-electron chi connectivity index (χ0n) is 12.5. The molecule has 0 unspecified atom stereocenters. The van der Waals surface area contributed by atoms with Crippen LogP contribution in [0.3, 0.4) is 0 Å². The van der Waals surface area contributed by atoms with E-state index in [1.54, 1.807) is 11.5 Å². The monoisotopic (exact) mass is 304 g/mol. The fourth-order valence-corrected chi connectivity index (χ4v) is 2.29. The predicted molar refractivity (Wildman–Crippen MR) is 84.1 cm³/mol. The number of carbonyl (C=O) groups is 1. The molecule has 118 valence electrons. The first-order chi connectivity index (χ1) is 10.6. The topological polar surface area (TPSA) is 91.6 Å². The normalized spacial score (nSPS) is 10.6. The van der Waals surface area contributed by atoms with E-state index < -0.39 is 0 Å². The van der Waals surface area contributed by atoms with Gasteiger partial charge in [0.15, 0.2) is 0 Å². The molecule has 0 aliphatic carbocycles. The molecule has 22 heavy (non-hydrogen) atoms. The van der Waals surface area contributed by atoms with E-state index in [0.717, 1.165) is 29.5 Å². The lowest BCUT2D eigenvalue weighted by molar-refractivity contribution is -0.129. The van der Waals surface area contributed by atoms with E-state index in [4.69, 9.17) is 9.62 Å². The summed E-state index contributed by atoms with van der Waals surface area (Å²) in [6.45, 7) is 2.69. The van der Waals surface area contributed by atoms with Gasteiger partial charge in [-0.3, -0.25) is 10.0 Å². The second-order valence-corrected chi connectivity index (χ2v) is 5.25. The Kier molecular flexibility index (Phi) is 5.55. The lowest BCUT2D eigenvalue weighted by Gasteiger charge is -2.09. The molecule has 0 atom stereocenters. The molecule has 1 aromatic carbocycles. The van der Waals surface area contributed by atoms with E-state index in [-0.39, 0.29) is 11.5 Å². The van der Waals surface area contributed by atoms with Crippen LogP contribution in [-0.4, -0.2) is 17.7 Å². The van der Waals surface area contributed by atoms with Crippen molar-refractivity contribution in [1.29, 1.82) is 0 Å². The van der Waals surface area contributed by atoms with Gasteiger partial charge >= 0.3 is 5.63 Å². The van der Waals surface area contributed by atoms with Crippen molar-refractivity contribution in [3.63, 3.8) is 0 Å². The summed E-state index contributed by atoms with van der Waals surface area (Å²) in [5.74, 6) is -0.366. The molecule has 1 amide bonds. The number of benzene rings is 1. The van der Waals surface area contributed by atoms with E-state index in [1.165, 1.54) is 6.07 Å². The number of hydrogen-bond donors (Lipinski definition) is 3. The van der Waals surface area contributed by atoms with Gasteiger partial charge in [-0.05, 0) is 31.9 Å². The summed E-state index contributed by atoms with van der Waals surface area (Å²) < 4.78 is 5.18. The fourth-order valence-electron chi connectivity index (χ4n) is 2.29. The van der Waals surface area contributed by atoms with Gasteiger partial charge in [-0.2, -0.15) is 0 Å². The zero-order valence-corrected chi connectivity index (χ0v) is 12.5. The second-order valence-electron chi connectivity index (χ2n) is 5.25. The van der Waals surface area contributed by atoms with Gasteiger partial charge in [0.05, 0.1) is 5.69 Å². The maximum absolute atomic E-state index is 11.6. The van der Waals surface area contributed by atoms with Crippen LogP contribution >= 0.6 is 0 Å². The highest BCUT2D eigenvalue weighted by atomic mass is 16.5. The van der Waals surface area contributed by atoms with Crippen molar-refractivity contribution in [2.45, 2.75) is 32.6 Å². The molecule has 1 heterocycles. The Morgan fingerprint density at radius 1 is 1.23 bits per heavy atom. The Labute approximate surface area is 128 Å². The van der Waals surface area contributed by atoms with Crippen LogP contribution in [0.15, 0.2) is 33.5 Å². The molecule has 0 bridgehead atoms. The van der Waals surface area contributed by atoms with E-state index >= 15 is 0 Å². The fraction of sp³-hybridized carbons (Fsp3) is 0.375. The van der Waals surface area contributed by atoms with Crippen LogP contribution in [-0.2, 0) is 4.79 Å². The van der Waals surface area contributed by atoms with Gasteiger partial charge in [0.1, 0.15) is 5.58 Å². The number of hydroxylamine groups is 1. The highest BCUT2D eigenvalue weighted by molar-refractivity contribution is 5.90. The summed E-state index contributed by atoms with van der Waals surface area (Å²) in [5, 5.41) is 12.5. The molecule has 6 heteroatoms. The minimum atomic E-state index is -0.376. The molecule has 0 aliphatic rings. The summed E-state index contributed by atoms with van der Waals surface area (Å²) in [4.78, 5) is 22.4. The first-order valence-corrected chi connectivity index (χ1v) is 7.31. The molecular formula is C16H20N2O4. The van der Waals surface area contributed by atoms with Crippen molar-refractivity contribution < 1.29 is 14.4 Å². The van der Waals surface area contributed by atoms with E-state index in [2.05, 4.69) is 5.32 Å². The third kappa shape index (κ3) is 4.33. The van der Waals surface area contributed by atoms with Crippen LogP contribution in [0.1, 0.15) is 31.2 Å². The summed E-state index contributed by atoms with van der Waals surface area (Å²) >= 11 is 0. The summed E-state index contributed by atoms with van der Waals surface area (Å²) in [6.07, 6.45) is 2.75. The van der Waals surface area contributed by atoms with Gasteiger partial charge in [0.2, 0.25) is 5.91 Å². The number of aryl methyl sites for hydroxylation is 1. The average Bonchev–Trinajstić information content (AvgIpc) is 2.50. The van der Waals surface area contributed by atoms with Crippen molar-refractivity contribution in [3.05, 3.63) is 40.2 Å². The standard InChI is InChI=1S/C16H20N2O4/c1-11-6-7-14-12(9-11)13(10-16(20)22-14)17-8-4-2-3-5-15(19)18-21/h6-7,9-10,17,21H,2-5,8H2,1H3,(H,18,19). The van der Waals surface area contributed by atoms with Crippen molar-refractivity contribution in [1.82, 2.24) is 5.48 Å². The molecule has 2 rings (SSSR count). The Hall–Kier alpha value is -2.34. The van der Waals surface area contributed by atoms with Crippen LogP contribution in [0.4, 0.5) is 5.69 Å². The molecule has 6 nitrogen and oxygen atoms in total. The van der Waals surface area contributed by atoms with Crippen LogP contribution in [0.5, 0.6) is 0 Å². The molecule has 0 aliphatic heterocycles. The second kappa shape index (κ2) is 7.61. The predicted octanol–water partition coefficient (Wildman–Crippen LogP) is 2.58. The molecular weight excluding hydrogens is 284 g/mol. The van der Waals surface area contributed by atoms with Gasteiger partial charge in [-0.1, -0.05) is 18.1 Å². The molecule has 3 N–H and O–H groups in total. The molecule has 0 saturated carbocycles. The number of carbonyl (C=O) groups excluding carboxylic acids is 1. The van der Waals surface area contributed by atoms with Gasteiger partial charge in [0, 0.05) is 24.4 Å². The number of amides is 1. The van der Waals surface area contributed by atoms with E-state index in [9.17, 15) is 9.59 Å². The maximum atomic E-state index is 11.6. The summed E-state index contributed by atoms with van der Waals surface area (Å²) in [6, 6.07) is 7.14. The molecule has 0 saturated heterocycles. The smallest absolute Gasteiger partial charge is 0.338 e. The van der Waals surface area contributed by atoms with Gasteiger partial charge < -0.3 is 9.73 Å². The van der Waals surface area contributed by atoms with Gasteiger partial charge in [-0.15, -0.1) is 0 Å². The number of rotatable bonds is 7. The molecule has 0 fully saturated rings. The lowest BCUT2D eigenvalue weighted by Crippen LogP contribution is -2.17. The SMILES string of the molecule is Cc1ccc2oc(=O)cc(NCCCCCC(=O)NO)c2c1. The highest BCUT2D eigenvalue weighted by Gasteiger charge is 2.05. The minimum Gasteiger partial charge on any atom is -0.423 e. The quantitative estimate of drug-likeness (QED) is 0.316. The van der Waals surface area contributed by atoms with Crippen molar-refractivity contribution in [2.24, 2.45) is 0 Å². The molecule has 0 spiro atoms. The third-order valence-electron chi connectivity index (χ3n) is 3.42. The maximum Gasteiger partial charge on any atom is 0.338 e. The largest absolute Gasteiger partial charge is 0.423 e. The number of fused-ring (bicyclic) bond motifs is 1. The number of unbranched alkanes of at least 4 members (excludes halogenated alkanes) is 2. The van der Waals surface area contributed by atoms with Gasteiger partial charge in [-0.25, -0.2) is 10.3 Å². The van der Waals surface area contributed by atoms with Crippen molar-refractivity contribution in [3.8, 4) is 0 Å². The van der Waals surface area contributed by atoms with Crippen molar-refractivity contribution in [2.75, 3.05) is 11.9 Å². The number of anilines is 1. The average molecular weight is 304 g/mol. The number of nitrogens with one attached hydrogen (secondary N) is 2. The van der Waals surface area contributed by atoms with E-state index in [0.29, 0.717) is 25.0 Å². The Morgan fingerprint density at radius 3 is 2.82 bits per heavy atom. The minimum absolute atomic E-state index is 0.313. The highest BCUT2D eigenvalue weighted by Crippen LogP contribution is 2.22. The first-order valence-electron chi connectivity index (χ1n) is 7.31. The Morgan fingerprint density at radius 2 is 2.05 bits per heavy atom. The molecule has 1 aromatic heterocycles. The molecule has 0 radical (unpaired) electrons. The van der Waals surface area contributed by atoms with Crippen LogP contribution < -0.4 is 16.4 Å². The van der Waals surface area contributed by atoms with Crippen LogP contribution in [0, 0.1) is 6.92 Å². The number of hydrogen-bond acceptors (Lipinski definition) is 5. The summed E-state index contributed by atoms with van der Waals surface area (Å²) in [7, 11) is 0. The van der Waals surface area contributed by atoms with Crippen molar-refractivity contribution >= 4 is 22.6 Å². The Balaban J connectivity index is 1.93. The van der Waals surface area contributed by atoms with Gasteiger partial charge in [0.25, 0.3) is 0 Å². The zero-order chi connectivity index (χ0) is 15.9. The van der Waals surface area contributed by atoms with Crippen LogP contribution in [0.2, 0.25) is 0 Å². The summed E-state index contributed by atoms with van der Waals surface area (Å²) in [5.41, 5.74) is 3.67. The van der Waals surface area contributed by atoms with Crippen LogP contribution in [0.25, 0.3) is 11.0 Å². The lowest BCUT2D eigenvalue weighted by atomic mass is 10.1. The van der Waals surface area contributed by atoms with E-state index in [1.807, 2.05) is 19.1 Å². The molecule has 2 aromatic rings. The Bertz CT molecular complexity index is 709.